The lowest BCUT2D eigenvalue weighted by Crippen LogP contribution is -2.53. The van der Waals surface area contributed by atoms with E-state index in [9.17, 15) is 14.4 Å². The second kappa shape index (κ2) is 5.64. The highest BCUT2D eigenvalue weighted by Crippen LogP contribution is 2.53. The summed E-state index contributed by atoms with van der Waals surface area (Å²) in [7, 11) is 0. The van der Waals surface area contributed by atoms with Gasteiger partial charge in [-0.2, -0.15) is 0 Å². The molecule has 2 fully saturated rings. The standard InChI is InChI=1S/C20H25N3O3/c1-5-6-7-23-17(24)14-12(4)22-20(15(14)18(23)25)13-9-10(2)8-11(3)16(13)21-19(20)26/h8-9,12,14-15,22H,5-7H2,1-4H3,(H,21,26)/t12-,14+,15-,20-/m0/s1. The number of imide groups is 1. The van der Waals surface area contributed by atoms with E-state index in [1.807, 2.05) is 39.8 Å². The Bertz CT molecular complexity index is 834. The van der Waals surface area contributed by atoms with Gasteiger partial charge in [-0.25, -0.2) is 0 Å². The van der Waals surface area contributed by atoms with Gasteiger partial charge in [-0.05, 0) is 32.8 Å². The third-order valence-corrected chi connectivity index (χ3v) is 6.14. The number of rotatable bonds is 3. The van der Waals surface area contributed by atoms with Crippen molar-refractivity contribution in [2.75, 3.05) is 11.9 Å². The zero-order chi connectivity index (χ0) is 18.8. The van der Waals surface area contributed by atoms with Crippen molar-refractivity contribution in [2.45, 2.75) is 52.1 Å². The Kier molecular flexibility index (Phi) is 3.74. The first-order chi connectivity index (χ1) is 12.3. The van der Waals surface area contributed by atoms with Gasteiger partial charge < -0.3 is 5.32 Å². The number of unbranched alkanes of at least 4 members (excludes halogenated alkanes) is 1. The molecule has 2 N–H and O–H groups in total. The van der Waals surface area contributed by atoms with Crippen LogP contribution in [0.2, 0.25) is 0 Å². The molecule has 1 aromatic rings. The number of hydrogen-bond acceptors (Lipinski definition) is 4. The molecular formula is C20H25N3O3. The van der Waals surface area contributed by atoms with E-state index >= 15 is 0 Å². The molecular weight excluding hydrogens is 330 g/mol. The number of likely N-dealkylation sites (tertiary alicyclic amines) is 1. The number of benzene rings is 1. The minimum atomic E-state index is -1.15. The van der Waals surface area contributed by atoms with Crippen molar-refractivity contribution >= 4 is 23.4 Å². The van der Waals surface area contributed by atoms with Gasteiger partial charge in [0.1, 0.15) is 5.54 Å². The van der Waals surface area contributed by atoms with Crippen LogP contribution < -0.4 is 10.6 Å². The lowest BCUT2D eigenvalue weighted by Gasteiger charge is -2.29. The molecule has 6 heteroatoms. The van der Waals surface area contributed by atoms with Crippen LogP contribution in [0.1, 0.15) is 43.4 Å². The second-order valence-corrected chi connectivity index (χ2v) is 7.88. The van der Waals surface area contributed by atoms with Crippen LogP contribution in [-0.4, -0.2) is 35.2 Å². The van der Waals surface area contributed by atoms with Gasteiger partial charge in [-0.3, -0.25) is 24.6 Å². The van der Waals surface area contributed by atoms with Gasteiger partial charge in [0.05, 0.1) is 11.8 Å². The van der Waals surface area contributed by atoms with E-state index in [0.717, 1.165) is 35.2 Å². The van der Waals surface area contributed by atoms with Crippen molar-refractivity contribution in [3.8, 4) is 0 Å². The molecule has 0 aliphatic carbocycles. The highest BCUT2D eigenvalue weighted by Gasteiger charge is 2.69. The third kappa shape index (κ3) is 1.99. The summed E-state index contributed by atoms with van der Waals surface area (Å²) in [5.41, 5.74) is 2.44. The summed E-state index contributed by atoms with van der Waals surface area (Å²) in [6.45, 7) is 8.30. The van der Waals surface area contributed by atoms with Gasteiger partial charge in [0.2, 0.25) is 17.7 Å². The average molecular weight is 355 g/mol. The summed E-state index contributed by atoms with van der Waals surface area (Å²) in [5, 5.41) is 6.32. The van der Waals surface area contributed by atoms with E-state index in [-0.39, 0.29) is 23.8 Å². The molecule has 3 heterocycles. The molecule has 0 bridgehead atoms. The number of carbonyl (C=O) groups is 3. The molecule has 4 atom stereocenters. The van der Waals surface area contributed by atoms with Crippen molar-refractivity contribution in [1.82, 2.24) is 10.2 Å². The van der Waals surface area contributed by atoms with Gasteiger partial charge in [-0.15, -0.1) is 0 Å². The zero-order valence-corrected chi connectivity index (χ0v) is 15.7. The maximum atomic E-state index is 13.2. The lowest BCUT2D eigenvalue weighted by molar-refractivity contribution is -0.142. The maximum Gasteiger partial charge on any atom is 0.250 e. The molecule has 0 aromatic heterocycles. The molecule has 1 aromatic carbocycles. The largest absolute Gasteiger partial charge is 0.324 e. The van der Waals surface area contributed by atoms with Gasteiger partial charge in [0.15, 0.2) is 0 Å². The zero-order valence-electron chi connectivity index (χ0n) is 15.7. The van der Waals surface area contributed by atoms with E-state index in [1.54, 1.807) is 0 Å². The number of nitrogens with zero attached hydrogens (tertiary/aromatic N) is 1. The summed E-state index contributed by atoms with van der Waals surface area (Å²) >= 11 is 0. The number of amides is 3. The summed E-state index contributed by atoms with van der Waals surface area (Å²) in [4.78, 5) is 40.7. The maximum absolute atomic E-state index is 13.2. The third-order valence-electron chi connectivity index (χ3n) is 6.14. The van der Waals surface area contributed by atoms with Crippen LogP contribution in [-0.2, 0) is 19.9 Å². The lowest BCUT2D eigenvalue weighted by atomic mass is 9.76. The number of hydrogen-bond donors (Lipinski definition) is 2. The first-order valence-electron chi connectivity index (χ1n) is 9.39. The molecule has 26 heavy (non-hydrogen) atoms. The van der Waals surface area contributed by atoms with E-state index in [4.69, 9.17) is 0 Å². The number of carbonyl (C=O) groups excluding carboxylic acids is 3. The molecule has 0 unspecified atom stereocenters. The fourth-order valence-electron chi connectivity index (χ4n) is 5.02. The highest BCUT2D eigenvalue weighted by atomic mass is 16.2. The smallest absolute Gasteiger partial charge is 0.250 e. The van der Waals surface area contributed by atoms with Gasteiger partial charge >= 0.3 is 0 Å². The van der Waals surface area contributed by atoms with Crippen molar-refractivity contribution in [1.29, 1.82) is 0 Å². The molecule has 138 valence electrons. The molecule has 3 amide bonds. The van der Waals surface area contributed by atoms with Crippen LogP contribution in [0.15, 0.2) is 12.1 Å². The van der Waals surface area contributed by atoms with Crippen LogP contribution in [0.4, 0.5) is 5.69 Å². The van der Waals surface area contributed by atoms with Crippen LogP contribution in [0.5, 0.6) is 0 Å². The molecule has 3 aliphatic heterocycles. The molecule has 1 spiro atoms. The summed E-state index contributed by atoms with van der Waals surface area (Å²) in [5.74, 6) is -1.75. The van der Waals surface area contributed by atoms with E-state index in [2.05, 4.69) is 10.6 Å². The van der Waals surface area contributed by atoms with Crippen LogP contribution in [0.3, 0.4) is 0 Å². The van der Waals surface area contributed by atoms with Crippen LogP contribution in [0, 0.1) is 25.7 Å². The monoisotopic (exact) mass is 355 g/mol. The Hall–Kier alpha value is -2.21. The minimum Gasteiger partial charge on any atom is -0.324 e. The Labute approximate surface area is 153 Å². The molecule has 3 aliphatic rings. The van der Waals surface area contributed by atoms with Crippen LogP contribution >= 0.6 is 0 Å². The number of nitrogens with one attached hydrogen (secondary N) is 2. The highest BCUT2D eigenvalue weighted by molar-refractivity contribution is 6.15. The quantitative estimate of drug-likeness (QED) is 0.811. The summed E-state index contributed by atoms with van der Waals surface area (Å²) in [6, 6.07) is 3.75. The molecule has 2 saturated heterocycles. The average Bonchev–Trinajstić information content (AvgIpc) is 3.13. The number of anilines is 1. The second-order valence-electron chi connectivity index (χ2n) is 7.88. The summed E-state index contributed by atoms with van der Waals surface area (Å²) < 4.78 is 0. The van der Waals surface area contributed by atoms with E-state index in [0.29, 0.717) is 6.54 Å². The predicted octanol–water partition coefficient (Wildman–Crippen LogP) is 1.84. The van der Waals surface area contributed by atoms with Crippen molar-refractivity contribution < 1.29 is 14.4 Å². The SMILES string of the molecule is CCCCN1C(=O)[C@@H]2[C@H](C)N[C@]3(C(=O)Nc4c(C)cc(C)cc43)[C@@H]2C1=O. The van der Waals surface area contributed by atoms with Gasteiger partial charge in [-0.1, -0.05) is 31.0 Å². The molecule has 6 nitrogen and oxygen atoms in total. The first kappa shape index (κ1) is 17.2. The van der Waals surface area contributed by atoms with Crippen molar-refractivity contribution in [2.24, 2.45) is 11.8 Å². The van der Waals surface area contributed by atoms with E-state index < -0.39 is 17.4 Å². The van der Waals surface area contributed by atoms with Gasteiger partial charge in [0, 0.05) is 23.8 Å². The molecule has 0 radical (unpaired) electrons. The molecule has 4 rings (SSSR count). The number of aryl methyl sites for hydroxylation is 2. The molecule has 0 saturated carbocycles. The van der Waals surface area contributed by atoms with E-state index in [1.165, 1.54) is 4.90 Å². The van der Waals surface area contributed by atoms with Crippen LogP contribution in [0.25, 0.3) is 0 Å². The first-order valence-corrected chi connectivity index (χ1v) is 9.39. The number of fused-ring (bicyclic) bond motifs is 4. The van der Waals surface area contributed by atoms with Crippen molar-refractivity contribution in [3.05, 3.63) is 28.8 Å². The Balaban J connectivity index is 1.86. The fourth-order valence-corrected chi connectivity index (χ4v) is 5.02. The summed E-state index contributed by atoms with van der Waals surface area (Å²) in [6.07, 6.45) is 1.69. The normalized spacial score (nSPS) is 32.4. The predicted molar refractivity (Wildman–Crippen MR) is 97.4 cm³/mol. The van der Waals surface area contributed by atoms with Crippen molar-refractivity contribution in [3.63, 3.8) is 0 Å². The fraction of sp³-hybridized carbons (Fsp3) is 0.550. The Morgan fingerprint density at radius 3 is 2.58 bits per heavy atom. The minimum absolute atomic E-state index is 0.143. The Morgan fingerprint density at radius 1 is 1.15 bits per heavy atom. The van der Waals surface area contributed by atoms with Gasteiger partial charge in [0.25, 0.3) is 0 Å². The topological polar surface area (TPSA) is 78.5 Å². The Morgan fingerprint density at radius 2 is 1.88 bits per heavy atom.